The Balaban J connectivity index is 0.00000256. The summed E-state index contributed by atoms with van der Waals surface area (Å²) in [6.45, 7) is 5.23. The molecular formula is C11H23IN4O. The second kappa shape index (κ2) is 8.54. The summed E-state index contributed by atoms with van der Waals surface area (Å²) in [7, 11) is 1.71. The maximum Gasteiger partial charge on any atom is 0.239 e. The number of aliphatic imine (C=N–C) groups is 1. The lowest BCUT2D eigenvalue weighted by molar-refractivity contribution is -0.120. The van der Waals surface area contributed by atoms with E-state index in [0.29, 0.717) is 17.9 Å². The lowest BCUT2D eigenvalue weighted by Gasteiger charge is -2.11. The highest BCUT2D eigenvalue weighted by atomic mass is 127. The zero-order chi connectivity index (χ0) is 12.0. The lowest BCUT2D eigenvalue weighted by Crippen LogP contribution is -2.44. The minimum absolute atomic E-state index is 0. The second-order valence-electron chi connectivity index (χ2n) is 4.24. The van der Waals surface area contributed by atoms with E-state index >= 15 is 0 Å². The topological polar surface area (TPSA) is 65.5 Å². The number of amides is 1. The first-order chi connectivity index (χ1) is 7.67. The van der Waals surface area contributed by atoms with Crippen molar-refractivity contribution in [2.75, 3.05) is 20.1 Å². The predicted molar refractivity (Wildman–Crippen MR) is 80.8 cm³/mol. The molecule has 0 radical (unpaired) electrons. The number of guanidine groups is 1. The van der Waals surface area contributed by atoms with Gasteiger partial charge in [0.1, 0.15) is 0 Å². The van der Waals surface area contributed by atoms with Gasteiger partial charge in [-0.05, 0) is 18.8 Å². The molecule has 1 aliphatic rings. The van der Waals surface area contributed by atoms with Crippen molar-refractivity contribution in [2.24, 2.45) is 10.9 Å². The molecule has 100 valence electrons. The Bertz CT molecular complexity index is 270. The highest BCUT2D eigenvalue weighted by Gasteiger charge is 2.33. The van der Waals surface area contributed by atoms with E-state index in [4.69, 9.17) is 0 Å². The van der Waals surface area contributed by atoms with Crippen LogP contribution in [0.15, 0.2) is 4.99 Å². The van der Waals surface area contributed by atoms with Crippen LogP contribution >= 0.6 is 24.0 Å². The Labute approximate surface area is 120 Å². The van der Waals surface area contributed by atoms with Crippen molar-refractivity contribution in [3.05, 3.63) is 0 Å². The first-order valence-corrected chi connectivity index (χ1v) is 5.91. The van der Waals surface area contributed by atoms with E-state index < -0.39 is 0 Å². The summed E-state index contributed by atoms with van der Waals surface area (Å²) >= 11 is 0. The number of nitrogens with one attached hydrogen (secondary N) is 3. The average Bonchev–Trinajstić information content (AvgIpc) is 2.97. The van der Waals surface area contributed by atoms with E-state index in [1.807, 2.05) is 6.92 Å². The molecule has 17 heavy (non-hydrogen) atoms. The molecule has 0 aromatic heterocycles. The zero-order valence-electron chi connectivity index (χ0n) is 10.7. The number of rotatable bonds is 5. The molecule has 1 amide bonds. The molecule has 3 N–H and O–H groups in total. The quantitative estimate of drug-likeness (QED) is 0.387. The van der Waals surface area contributed by atoms with Crippen LogP contribution < -0.4 is 16.0 Å². The Kier molecular flexibility index (Phi) is 8.28. The molecule has 0 aromatic rings. The van der Waals surface area contributed by atoms with Gasteiger partial charge in [0.05, 0.1) is 6.54 Å². The normalized spacial score (nSPS) is 22.4. The van der Waals surface area contributed by atoms with E-state index in [-0.39, 0.29) is 36.4 Å². The largest absolute Gasteiger partial charge is 0.355 e. The van der Waals surface area contributed by atoms with Crippen LogP contribution in [0, 0.1) is 5.92 Å². The van der Waals surface area contributed by atoms with Crippen LogP contribution in [-0.2, 0) is 4.79 Å². The predicted octanol–water partition coefficient (Wildman–Crippen LogP) is 0.704. The van der Waals surface area contributed by atoms with Crippen molar-refractivity contribution in [2.45, 2.75) is 32.7 Å². The Morgan fingerprint density at radius 3 is 2.53 bits per heavy atom. The SMILES string of the molecule is CCCNC(=O)CNC(=NC)NC1CC1C.I. The van der Waals surface area contributed by atoms with Gasteiger partial charge in [0.15, 0.2) is 5.96 Å². The van der Waals surface area contributed by atoms with Crippen LogP contribution in [0.25, 0.3) is 0 Å². The van der Waals surface area contributed by atoms with Crippen LogP contribution in [0.1, 0.15) is 26.7 Å². The molecule has 1 fully saturated rings. The zero-order valence-corrected chi connectivity index (χ0v) is 13.1. The fraction of sp³-hybridized carbons (Fsp3) is 0.818. The van der Waals surface area contributed by atoms with Gasteiger partial charge in [0, 0.05) is 19.6 Å². The maximum atomic E-state index is 11.3. The molecule has 0 spiro atoms. The minimum Gasteiger partial charge on any atom is -0.355 e. The molecule has 0 aliphatic heterocycles. The summed E-state index contributed by atoms with van der Waals surface area (Å²) in [4.78, 5) is 15.4. The van der Waals surface area contributed by atoms with Crippen molar-refractivity contribution < 1.29 is 4.79 Å². The fourth-order valence-corrected chi connectivity index (χ4v) is 1.38. The number of hydrogen-bond donors (Lipinski definition) is 3. The number of carbonyl (C=O) groups excluding carboxylic acids is 1. The third-order valence-corrected chi connectivity index (χ3v) is 2.64. The molecule has 1 aliphatic carbocycles. The standard InChI is InChI=1S/C11H22N4O.HI/c1-4-5-13-10(16)7-14-11(12-3)15-9-6-8(9)2;/h8-9H,4-7H2,1-3H3,(H,13,16)(H2,12,14,15);1H. The van der Waals surface area contributed by atoms with Gasteiger partial charge in [-0.15, -0.1) is 24.0 Å². The minimum atomic E-state index is 0. The summed E-state index contributed by atoms with van der Waals surface area (Å²) < 4.78 is 0. The highest BCUT2D eigenvalue weighted by Crippen LogP contribution is 2.28. The first kappa shape index (κ1) is 16.5. The van der Waals surface area contributed by atoms with Gasteiger partial charge >= 0.3 is 0 Å². The van der Waals surface area contributed by atoms with Crippen LogP contribution in [0.2, 0.25) is 0 Å². The molecule has 0 aromatic carbocycles. The van der Waals surface area contributed by atoms with Crippen molar-refractivity contribution >= 4 is 35.8 Å². The van der Waals surface area contributed by atoms with Crippen molar-refractivity contribution in [3.63, 3.8) is 0 Å². The van der Waals surface area contributed by atoms with Crippen LogP contribution in [0.5, 0.6) is 0 Å². The van der Waals surface area contributed by atoms with Gasteiger partial charge in [0.25, 0.3) is 0 Å². The van der Waals surface area contributed by atoms with Gasteiger partial charge in [-0.1, -0.05) is 13.8 Å². The smallest absolute Gasteiger partial charge is 0.239 e. The molecular weight excluding hydrogens is 331 g/mol. The van der Waals surface area contributed by atoms with Crippen LogP contribution in [-0.4, -0.2) is 38.0 Å². The Hall–Kier alpha value is -0.530. The van der Waals surface area contributed by atoms with Crippen molar-refractivity contribution in [1.29, 1.82) is 0 Å². The van der Waals surface area contributed by atoms with Gasteiger partial charge in [-0.3, -0.25) is 9.79 Å². The molecule has 0 bridgehead atoms. The summed E-state index contributed by atoms with van der Waals surface area (Å²) in [5.74, 6) is 1.43. The van der Waals surface area contributed by atoms with Crippen LogP contribution in [0.3, 0.4) is 0 Å². The first-order valence-electron chi connectivity index (χ1n) is 5.91. The maximum absolute atomic E-state index is 11.3. The molecule has 0 saturated heterocycles. The Morgan fingerprint density at radius 1 is 1.41 bits per heavy atom. The second-order valence-corrected chi connectivity index (χ2v) is 4.24. The Morgan fingerprint density at radius 2 is 2.06 bits per heavy atom. The monoisotopic (exact) mass is 354 g/mol. The molecule has 1 saturated carbocycles. The molecule has 2 atom stereocenters. The summed E-state index contributed by atoms with van der Waals surface area (Å²) in [6.07, 6.45) is 2.14. The van der Waals surface area contributed by atoms with Gasteiger partial charge < -0.3 is 16.0 Å². The fourth-order valence-electron chi connectivity index (χ4n) is 1.38. The van der Waals surface area contributed by atoms with E-state index in [1.54, 1.807) is 7.05 Å². The van der Waals surface area contributed by atoms with E-state index in [1.165, 1.54) is 6.42 Å². The molecule has 2 unspecified atom stereocenters. The summed E-state index contributed by atoms with van der Waals surface area (Å²) in [6, 6.07) is 0.518. The molecule has 0 heterocycles. The van der Waals surface area contributed by atoms with Crippen molar-refractivity contribution in [1.82, 2.24) is 16.0 Å². The number of carbonyl (C=O) groups is 1. The number of nitrogens with zero attached hydrogens (tertiary/aromatic N) is 1. The van der Waals surface area contributed by atoms with Crippen LogP contribution in [0.4, 0.5) is 0 Å². The summed E-state index contributed by atoms with van der Waals surface area (Å²) in [5.41, 5.74) is 0. The van der Waals surface area contributed by atoms with Gasteiger partial charge in [0.2, 0.25) is 5.91 Å². The van der Waals surface area contributed by atoms with Gasteiger partial charge in [-0.25, -0.2) is 0 Å². The third kappa shape index (κ3) is 6.70. The van der Waals surface area contributed by atoms with E-state index in [9.17, 15) is 4.79 Å². The molecule has 5 nitrogen and oxygen atoms in total. The summed E-state index contributed by atoms with van der Waals surface area (Å²) in [5, 5.41) is 9.06. The van der Waals surface area contributed by atoms with E-state index in [0.717, 1.165) is 13.0 Å². The van der Waals surface area contributed by atoms with Gasteiger partial charge in [-0.2, -0.15) is 0 Å². The van der Waals surface area contributed by atoms with E-state index in [2.05, 4.69) is 27.9 Å². The highest BCUT2D eigenvalue weighted by molar-refractivity contribution is 14.0. The van der Waals surface area contributed by atoms with Crippen molar-refractivity contribution in [3.8, 4) is 0 Å². The number of hydrogen-bond acceptors (Lipinski definition) is 2. The molecule has 6 heteroatoms. The molecule has 1 rings (SSSR count). The average molecular weight is 354 g/mol. The number of halogens is 1. The third-order valence-electron chi connectivity index (χ3n) is 2.64. The lowest BCUT2D eigenvalue weighted by atomic mass is 10.4.